The molecule has 3 heteroatoms. The van der Waals surface area contributed by atoms with E-state index in [-0.39, 0.29) is 18.6 Å². The molecule has 0 saturated carbocycles. The minimum absolute atomic E-state index is 0.0280. The number of carbonyl (C=O) groups excluding carboxylic acids is 1. The van der Waals surface area contributed by atoms with Crippen LogP contribution in [0.2, 0.25) is 0 Å². The summed E-state index contributed by atoms with van der Waals surface area (Å²) in [4.78, 5) is 12.0. The molecule has 1 unspecified atom stereocenters. The first-order chi connectivity index (χ1) is 10.6. The van der Waals surface area contributed by atoms with Crippen LogP contribution in [-0.4, -0.2) is 12.5 Å². The molecule has 0 saturated heterocycles. The first kappa shape index (κ1) is 16.1. The molecular weight excluding hydrogens is 274 g/mol. The van der Waals surface area contributed by atoms with E-state index >= 15 is 0 Å². The lowest BCUT2D eigenvalue weighted by atomic mass is 10.0. The molecule has 0 heterocycles. The second-order valence-electron chi connectivity index (χ2n) is 5.43. The normalized spacial score (nSPS) is 11.8. The van der Waals surface area contributed by atoms with Gasteiger partial charge < -0.3 is 10.1 Å². The van der Waals surface area contributed by atoms with Crippen molar-refractivity contribution < 1.29 is 9.53 Å². The maximum atomic E-state index is 12.0. The van der Waals surface area contributed by atoms with Crippen molar-refractivity contribution in [2.24, 2.45) is 0 Å². The van der Waals surface area contributed by atoms with Crippen LogP contribution in [0.15, 0.2) is 48.5 Å². The van der Waals surface area contributed by atoms with Gasteiger partial charge in [0.1, 0.15) is 5.75 Å². The van der Waals surface area contributed by atoms with E-state index in [0.717, 1.165) is 17.7 Å². The van der Waals surface area contributed by atoms with Gasteiger partial charge in [0, 0.05) is 0 Å². The quantitative estimate of drug-likeness (QED) is 0.880. The van der Waals surface area contributed by atoms with E-state index in [1.54, 1.807) is 0 Å². The molecule has 1 N–H and O–H groups in total. The minimum atomic E-state index is -0.115. The lowest BCUT2D eigenvalue weighted by molar-refractivity contribution is -0.123. The summed E-state index contributed by atoms with van der Waals surface area (Å²) in [6, 6.07) is 15.9. The lowest BCUT2D eigenvalue weighted by Crippen LogP contribution is -2.31. The van der Waals surface area contributed by atoms with Gasteiger partial charge in [0.15, 0.2) is 6.61 Å². The van der Waals surface area contributed by atoms with Gasteiger partial charge in [-0.1, -0.05) is 43.3 Å². The number of hydrogen-bond donors (Lipinski definition) is 1. The zero-order valence-corrected chi connectivity index (χ0v) is 13.4. The number of aryl methyl sites for hydroxylation is 2. The van der Waals surface area contributed by atoms with E-state index in [1.165, 1.54) is 11.1 Å². The van der Waals surface area contributed by atoms with Gasteiger partial charge in [-0.3, -0.25) is 4.79 Å². The highest BCUT2D eigenvalue weighted by atomic mass is 16.5. The number of hydrogen-bond acceptors (Lipinski definition) is 2. The molecule has 0 aliphatic carbocycles. The van der Waals surface area contributed by atoms with Gasteiger partial charge in [-0.15, -0.1) is 0 Å². The number of amides is 1. The summed E-state index contributed by atoms with van der Waals surface area (Å²) < 4.78 is 5.52. The topological polar surface area (TPSA) is 38.3 Å². The summed E-state index contributed by atoms with van der Waals surface area (Å²) in [5, 5.41) is 2.97. The summed E-state index contributed by atoms with van der Waals surface area (Å²) in [6.07, 6.45) is 0.995. The Morgan fingerprint density at radius 1 is 1.14 bits per heavy atom. The summed E-state index contributed by atoms with van der Waals surface area (Å²) >= 11 is 0. The molecule has 0 aromatic heterocycles. The third-order valence-corrected chi connectivity index (χ3v) is 3.73. The Labute approximate surface area is 132 Å². The molecule has 3 nitrogen and oxygen atoms in total. The predicted molar refractivity (Wildman–Crippen MR) is 89.1 cm³/mol. The third kappa shape index (κ3) is 4.35. The van der Waals surface area contributed by atoms with Crippen LogP contribution < -0.4 is 10.1 Å². The molecule has 0 fully saturated rings. The van der Waals surface area contributed by atoms with Crippen LogP contribution in [0.3, 0.4) is 0 Å². The first-order valence-electron chi connectivity index (χ1n) is 7.66. The molecule has 116 valence electrons. The zero-order valence-electron chi connectivity index (χ0n) is 13.4. The van der Waals surface area contributed by atoms with Gasteiger partial charge in [-0.25, -0.2) is 0 Å². The minimum Gasteiger partial charge on any atom is -0.484 e. The fourth-order valence-electron chi connectivity index (χ4n) is 2.40. The number of carbonyl (C=O) groups is 1. The van der Waals surface area contributed by atoms with E-state index < -0.39 is 0 Å². The SMILES string of the molecule is CCc1ccc(OCC(=O)NC(C)c2ccccc2C)cc1. The summed E-state index contributed by atoms with van der Waals surface area (Å²) in [7, 11) is 0. The van der Waals surface area contributed by atoms with Crippen LogP contribution in [0.1, 0.15) is 36.6 Å². The largest absolute Gasteiger partial charge is 0.484 e. The number of ether oxygens (including phenoxy) is 1. The molecule has 0 spiro atoms. The molecule has 1 atom stereocenters. The van der Waals surface area contributed by atoms with Crippen LogP contribution in [0.5, 0.6) is 5.75 Å². The Kier molecular flexibility index (Phi) is 5.59. The van der Waals surface area contributed by atoms with Crippen LogP contribution >= 0.6 is 0 Å². The number of rotatable bonds is 6. The highest BCUT2D eigenvalue weighted by Crippen LogP contribution is 2.17. The average Bonchev–Trinajstić information content (AvgIpc) is 2.53. The lowest BCUT2D eigenvalue weighted by Gasteiger charge is -2.16. The van der Waals surface area contributed by atoms with Gasteiger partial charge >= 0.3 is 0 Å². The molecular formula is C19H23NO2. The Hall–Kier alpha value is -2.29. The second kappa shape index (κ2) is 7.64. The van der Waals surface area contributed by atoms with Gasteiger partial charge in [0.2, 0.25) is 0 Å². The van der Waals surface area contributed by atoms with E-state index in [0.29, 0.717) is 0 Å². The van der Waals surface area contributed by atoms with Crippen molar-refractivity contribution in [1.29, 1.82) is 0 Å². The standard InChI is InChI=1S/C19H23NO2/c1-4-16-9-11-17(12-10-16)22-13-19(21)20-15(3)18-8-6-5-7-14(18)2/h5-12,15H,4,13H2,1-3H3,(H,20,21). The molecule has 1 amide bonds. The molecule has 2 aromatic carbocycles. The number of benzene rings is 2. The Balaban J connectivity index is 1.86. The maximum Gasteiger partial charge on any atom is 0.258 e. The van der Waals surface area contributed by atoms with Gasteiger partial charge in [0.25, 0.3) is 5.91 Å². The summed E-state index contributed by atoms with van der Waals surface area (Å²) in [5.74, 6) is 0.603. The van der Waals surface area contributed by atoms with Gasteiger partial charge in [-0.05, 0) is 49.1 Å². The molecule has 2 aromatic rings. The Morgan fingerprint density at radius 2 is 1.82 bits per heavy atom. The molecule has 0 radical (unpaired) electrons. The molecule has 0 bridgehead atoms. The molecule has 22 heavy (non-hydrogen) atoms. The van der Waals surface area contributed by atoms with Crippen molar-refractivity contribution >= 4 is 5.91 Å². The Morgan fingerprint density at radius 3 is 2.45 bits per heavy atom. The van der Waals surface area contributed by atoms with Crippen molar-refractivity contribution in [1.82, 2.24) is 5.32 Å². The fraction of sp³-hybridized carbons (Fsp3) is 0.316. The zero-order chi connectivity index (χ0) is 15.9. The maximum absolute atomic E-state index is 12.0. The van der Waals surface area contributed by atoms with Crippen LogP contribution in [0.25, 0.3) is 0 Å². The van der Waals surface area contributed by atoms with Crippen molar-refractivity contribution in [2.45, 2.75) is 33.2 Å². The van der Waals surface area contributed by atoms with Gasteiger partial charge in [-0.2, -0.15) is 0 Å². The van der Waals surface area contributed by atoms with E-state index in [2.05, 4.69) is 12.2 Å². The second-order valence-corrected chi connectivity index (χ2v) is 5.43. The van der Waals surface area contributed by atoms with Crippen molar-refractivity contribution in [3.63, 3.8) is 0 Å². The monoisotopic (exact) mass is 297 g/mol. The number of nitrogens with one attached hydrogen (secondary N) is 1. The Bertz CT molecular complexity index is 620. The average molecular weight is 297 g/mol. The van der Waals surface area contributed by atoms with E-state index in [9.17, 15) is 4.79 Å². The summed E-state index contributed by atoms with van der Waals surface area (Å²) in [6.45, 7) is 6.16. The van der Waals surface area contributed by atoms with Crippen LogP contribution in [-0.2, 0) is 11.2 Å². The predicted octanol–water partition coefficient (Wildman–Crippen LogP) is 3.81. The van der Waals surface area contributed by atoms with E-state index in [4.69, 9.17) is 4.74 Å². The molecule has 2 rings (SSSR count). The first-order valence-corrected chi connectivity index (χ1v) is 7.66. The van der Waals surface area contributed by atoms with Crippen LogP contribution in [0, 0.1) is 6.92 Å². The molecule has 0 aliphatic heterocycles. The third-order valence-electron chi connectivity index (χ3n) is 3.73. The van der Waals surface area contributed by atoms with Crippen LogP contribution in [0.4, 0.5) is 0 Å². The summed E-state index contributed by atoms with van der Waals surface area (Å²) in [5.41, 5.74) is 3.56. The van der Waals surface area contributed by atoms with Crippen molar-refractivity contribution in [2.75, 3.05) is 6.61 Å². The van der Waals surface area contributed by atoms with Crippen molar-refractivity contribution in [3.8, 4) is 5.75 Å². The molecule has 0 aliphatic rings. The smallest absolute Gasteiger partial charge is 0.258 e. The fourth-order valence-corrected chi connectivity index (χ4v) is 2.40. The van der Waals surface area contributed by atoms with Gasteiger partial charge in [0.05, 0.1) is 6.04 Å². The highest BCUT2D eigenvalue weighted by Gasteiger charge is 2.11. The van der Waals surface area contributed by atoms with E-state index in [1.807, 2.05) is 62.4 Å². The van der Waals surface area contributed by atoms with Crippen molar-refractivity contribution in [3.05, 3.63) is 65.2 Å². The highest BCUT2D eigenvalue weighted by molar-refractivity contribution is 5.78.